The summed E-state index contributed by atoms with van der Waals surface area (Å²) in [5.41, 5.74) is -1.18. The van der Waals surface area contributed by atoms with Crippen LogP contribution in [-0.2, 0) is 18.1 Å². The Hall–Kier alpha value is -5.02. The summed E-state index contributed by atoms with van der Waals surface area (Å²) >= 11 is 0. The van der Waals surface area contributed by atoms with Crippen molar-refractivity contribution < 1.29 is 36.6 Å². The standard InChI is InChI=1S/C33H27F6N7O2/c34-23-7-10-27-26(17-23)30-41-42-43-46(30)19-31(27,48)32(35,36)28-11-6-22(18-40-28)20-4-8-24(9-5-20)44-12-14-45(15-13-44)25-3-1-2-21(16-25)29(47)33(37,38)39/h1-11,16-18,29,47-48H,12-15,19H2/t29?,31-/m0/s1. The minimum Gasteiger partial charge on any atom is -0.379 e. The van der Waals surface area contributed by atoms with Crippen molar-refractivity contribution in [1.82, 2.24) is 25.2 Å². The Morgan fingerprint density at radius 1 is 0.792 bits per heavy atom. The predicted octanol–water partition coefficient (Wildman–Crippen LogP) is 5.46. The summed E-state index contributed by atoms with van der Waals surface area (Å²) in [7, 11) is 0. The van der Waals surface area contributed by atoms with Crippen molar-refractivity contribution in [2.24, 2.45) is 0 Å². The maximum Gasteiger partial charge on any atom is 0.418 e. The topological polar surface area (TPSA) is 103 Å². The number of aromatic nitrogens is 5. The Morgan fingerprint density at radius 2 is 1.48 bits per heavy atom. The lowest BCUT2D eigenvalue weighted by atomic mass is 9.80. The third-order valence-corrected chi connectivity index (χ3v) is 8.89. The lowest BCUT2D eigenvalue weighted by molar-refractivity contribution is -0.207. The van der Waals surface area contributed by atoms with Gasteiger partial charge in [-0.05, 0) is 64.0 Å². The molecule has 7 rings (SSSR count). The van der Waals surface area contributed by atoms with E-state index in [9.17, 15) is 27.8 Å². The van der Waals surface area contributed by atoms with Crippen LogP contribution in [0.4, 0.5) is 37.7 Å². The van der Waals surface area contributed by atoms with Crippen LogP contribution < -0.4 is 9.80 Å². The van der Waals surface area contributed by atoms with Gasteiger partial charge in [0.25, 0.3) is 0 Å². The fraction of sp³-hybridized carbons (Fsp3) is 0.273. The fourth-order valence-electron chi connectivity index (χ4n) is 6.27. The number of rotatable bonds is 6. The number of tetrazole rings is 1. The molecule has 4 heterocycles. The Morgan fingerprint density at radius 3 is 2.15 bits per heavy atom. The highest BCUT2D eigenvalue weighted by Crippen LogP contribution is 2.50. The quantitative estimate of drug-likeness (QED) is 0.231. The molecule has 0 bridgehead atoms. The first-order chi connectivity index (χ1) is 22.8. The van der Waals surface area contributed by atoms with Gasteiger partial charge in [0.2, 0.25) is 0 Å². The molecule has 0 saturated carbocycles. The molecule has 1 fully saturated rings. The summed E-state index contributed by atoms with van der Waals surface area (Å²) in [4.78, 5) is 8.11. The van der Waals surface area contributed by atoms with Crippen molar-refractivity contribution in [2.45, 2.75) is 30.3 Å². The van der Waals surface area contributed by atoms with E-state index < -0.39 is 41.9 Å². The molecule has 3 aromatic carbocycles. The number of fused-ring (bicyclic) bond motifs is 3. The molecule has 0 aliphatic carbocycles. The highest BCUT2D eigenvalue weighted by atomic mass is 19.4. The molecule has 248 valence electrons. The average molecular weight is 668 g/mol. The summed E-state index contributed by atoms with van der Waals surface area (Å²) in [6.07, 6.45) is -6.00. The molecule has 5 aromatic rings. The van der Waals surface area contributed by atoms with Gasteiger partial charge < -0.3 is 20.0 Å². The lowest BCUT2D eigenvalue weighted by Crippen LogP contribution is -2.49. The summed E-state index contributed by atoms with van der Waals surface area (Å²) < 4.78 is 86.2. The van der Waals surface area contributed by atoms with Gasteiger partial charge in [-0.3, -0.25) is 4.98 Å². The zero-order valence-electron chi connectivity index (χ0n) is 25.0. The highest BCUT2D eigenvalue weighted by molar-refractivity contribution is 5.67. The zero-order valence-corrected chi connectivity index (χ0v) is 25.0. The minimum atomic E-state index is -4.75. The van der Waals surface area contributed by atoms with Crippen LogP contribution in [0.15, 0.2) is 85.1 Å². The second-order valence-electron chi connectivity index (χ2n) is 11.8. The van der Waals surface area contributed by atoms with Gasteiger partial charge in [0.1, 0.15) is 11.5 Å². The number of aliphatic hydroxyl groups excluding tert-OH is 1. The maximum atomic E-state index is 16.1. The minimum absolute atomic E-state index is 0.0403. The number of anilines is 2. The summed E-state index contributed by atoms with van der Waals surface area (Å²) in [6, 6.07) is 19.0. The normalized spacial score (nSPS) is 18.8. The average Bonchev–Trinajstić information content (AvgIpc) is 3.56. The SMILES string of the molecule is OC(c1cccc(N2CCN(c3ccc(-c4ccc(C(F)(F)[C@]5(O)Cn6nnnc6-c6cc(F)ccc65)nc4)cc3)CC2)c1)C(F)(F)F. The number of piperazine rings is 1. The largest absolute Gasteiger partial charge is 0.418 e. The number of pyridine rings is 1. The van der Waals surface area contributed by atoms with Crippen LogP contribution in [0.3, 0.4) is 0 Å². The smallest absolute Gasteiger partial charge is 0.379 e. The first-order valence-corrected chi connectivity index (χ1v) is 14.9. The molecule has 48 heavy (non-hydrogen) atoms. The summed E-state index contributed by atoms with van der Waals surface area (Å²) in [5.74, 6) is -4.54. The lowest BCUT2D eigenvalue weighted by Gasteiger charge is -2.39. The molecule has 1 saturated heterocycles. The van der Waals surface area contributed by atoms with E-state index in [2.05, 4.69) is 25.4 Å². The first-order valence-electron chi connectivity index (χ1n) is 14.9. The zero-order chi connectivity index (χ0) is 33.8. The second kappa shape index (κ2) is 11.6. The van der Waals surface area contributed by atoms with E-state index >= 15 is 8.78 Å². The number of aliphatic hydroxyl groups is 2. The van der Waals surface area contributed by atoms with Crippen molar-refractivity contribution in [1.29, 1.82) is 0 Å². The van der Waals surface area contributed by atoms with Gasteiger partial charge >= 0.3 is 12.1 Å². The molecule has 15 heteroatoms. The van der Waals surface area contributed by atoms with E-state index in [1.807, 2.05) is 29.2 Å². The van der Waals surface area contributed by atoms with E-state index in [1.165, 1.54) is 30.5 Å². The molecule has 0 amide bonds. The second-order valence-corrected chi connectivity index (χ2v) is 11.8. The van der Waals surface area contributed by atoms with Gasteiger partial charge in [-0.25, -0.2) is 9.07 Å². The van der Waals surface area contributed by atoms with Gasteiger partial charge in [-0.2, -0.15) is 22.0 Å². The van der Waals surface area contributed by atoms with E-state index in [0.29, 0.717) is 37.4 Å². The van der Waals surface area contributed by atoms with Crippen LogP contribution in [0.2, 0.25) is 0 Å². The molecule has 1 unspecified atom stereocenters. The number of alkyl halides is 5. The molecule has 0 radical (unpaired) electrons. The third-order valence-electron chi connectivity index (χ3n) is 8.89. The molecule has 2 aliphatic rings. The van der Waals surface area contributed by atoms with E-state index in [4.69, 9.17) is 0 Å². The molecule has 2 aliphatic heterocycles. The van der Waals surface area contributed by atoms with Gasteiger partial charge in [-0.15, -0.1) is 5.10 Å². The van der Waals surface area contributed by atoms with Crippen LogP contribution in [-0.4, -0.2) is 67.8 Å². The summed E-state index contributed by atoms with van der Waals surface area (Å²) in [6.45, 7) is 1.62. The Kier molecular flexibility index (Phi) is 7.63. The molecule has 2 N–H and O–H groups in total. The van der Waals surface area contributed by atoms with Crippen molar-refractivity contribution in [3.8, 4) is 22.5 Å². The molecular formula is C33H27F6N7O2. The van der Waals surface area contributed by atoms with Crippen molar-refractivity contribution in [3.63, 3.8) is 0 Å². The third kappa shape index (κ3) is 5.42. The van der Waals surface area contributed by atoms with Crippen LogP contribution in [0.1, 0.15) is 22.9 Å². The Bertz CT molecular complexity index is 1940. The van der Waals surface area contributed by atoms with Gasteiger partial charge in [-0.1, -0.05) is 36.4 Å². The molecular weight excluding hydrogens is 640 g/mol. The Balaban J connectivity index is 1.04. The van der Waals surface area contributed by atoms with Crippen LogP contribution in [0.5, 0.6) is 0 Å². The van der Waals surface area contributed by atoms with Crippen LogP contribution in [0.25, 0.3) is 22.5 Å². The molecule has 2 aromatic heterocycles. The van der Waals surface area contributed by atoms with E-state index in [1.54, 1.807) is 6.07 Å². The highest BCUT2D eigenvalue weighted by Gasteiger charge is 2.59. The fourth-order valence-corrected chi connectivity index (χ4v) is 6.27. The summed E-state index contributed by atoms with van der Waals surface area (Å²) in [5, 5.41) is 32.1. The number of hydrogen-bond acceptors (Lipinski definition) is 8. The van der Waals surface area contributed by atoms with Gasteiger partial charge in [0.15, 0.2) is 17.5 Å². The molecule has 9 nitrogen and oxygen atoms in total. The van der Waals surface area contributed by atoms with Gasteiger partial charge in [0.05, 0.1) is 6.54 Å². The molecule has 0 spiro atoms. The van der Waals surface area contributed by atoms with Gasteiger partial charge in [0, 0.05) is 60.4 Å². The van der Waals surface area contributed by atoms with Crippen molar-refractivity contribution in [2.75, 3.05) is 36.0 Å². The predicted molar refractivity (Wildman–Crippen MR) is 163 cm³/mol. The van der Waals surface area contributed by atoms with Crippen molar-refractivity contribution in [3.05, 3.63) is 108 Å². The maximum absolute atomic E-state index is 16.1. The molecule has 2 atom stereocenters. The first kappa shape index (κ1) is 31.6. The number of halogens is 6. The van der Waals surface area contributed by atoms with Crippen LogP contribution in [0, 0.1) is 5.82 Å². The monoisotopic (exact) mass is 667 g/mol. The van der Waals surface area contributed by atoms with Crippen LogP contribution >= 0.6 is 0 Å². The number of benzene rings is 3. The number of nitrogens with zero attached hydrogens (tertiary/aromatic N) is 7. The number of hydrogen-bond donors (Lipinski definition) is 2. The Labute approximate surface area is 269 Å². The van der Waals surface area contributed by atoms with E-state index in [0.717, 1.165) is 40.2 Å². The van der Waals surface area contributed by atoms with E-state index in [-0.39, 0.29) is 22.5 Å². The van der Waals surface area contributed by atoms with Crippen molar-refractivity contribution >= 4 is 11.4 Å².